The van der Waals surface area contributed by atoms with E-state index < -0.39 is 0 Å². The highest BCUT2D eigenvalue weighted by Crippen LogP contribution is 0.998. The third-order valence-corrected chi connectivity index (χ3v) is 0. The Morgan fingerprint density at radius 1 is 1.25 bits per heavy atom. The van der Waals surface area contributed by atoms with Crippen molar-refractivity contribution >= 4 is 44.8 Å². The molecule has 4 heavy (non-hydrogen) atoms. The van der Waals surface area contributed by atoms with Gasteiger partial charge in [-0.1, -0.05) is 0 Å². The van der Waals surface area contributed by atoms with Gasteiger partial charge in [-0.25, -0.2) is 0 Å². The molecule has 0 rings (SSSR count). The number of hydrogen-bond donors (Lipinski definition) is 0. The molecule has 0 fully saturated rings. The van der Waals surface area contributed by atoms with Crippen LogP contribution in [0.3, 0.4) is 0 Å². The smallest absolute Gasteiger partial charge is 0 e. The van der Waals surface area contributed by atoms with Crippen LogP contribution in [0.4, 0.5) is 0 Å². The summed E-state index contributed by atoms with van der Waals surface area (Å²) in [5.74, 6) is 0. The molecule has 0 heterocycles. The van der Waals surface area contributed by atoms with Crippen LogP contribution in [0, 0.1) is 0 Å². The number of rotatable bonds is 0. The summed E-state index contributed by atoms with van der Waals surface area (Å²) in [5.41, 5.74) is 0. The molecule has 0 saturated carbocycles. The van der Waals surface area contributed by atoms with Gasteiger partial charge in [0.1, 0.15) is 0 Å². The van der Waals surface area contributed by atoms with Crippen LogP contribution >= 0.6 is 13.5 Å². The van der Waals surface area contributed by atoms with E-state index in [0.29, 0.717) is 0 Å². The monoisotopic (exact) mass is 130 g/mol. The molecule has 0 nitrogen and oxygen atoms in total. The van der Waals surface area contributed by atoms with Crippen molar-refractivity contribution in [1.29, 1.82) is 0 Å². The van der Waals surface area contributed by atoms with E-state index in [0.717, 1.165) is 8.88 Å². The predicted octanol–water partition coefficient (Wildman–Crippen LogP) is 0.106. The molecule has 0 atom stereocenters. The van der Waals surface area contributed by atoms with E-state index in [2.05, 4.69) is 22.4 Å². The Morgan fingerprint density at radius 3 is 1.25 bits per heavy atom. The van der Waals surface area contributed by atoms with E-state index in [-0.39, 0.29) is 13.5 Å². The second kappa shape index (κ2) is 8.99. The lowest BCUT2D eigenvalue weighted by Gasteiger charge is -1.000. The van der Waals surface area contributed by atoms with Crippen LogP contribution < -0.4 is 0 Å². The van der Waals surface area contributed by atoms with Gasteiger partial charge in [-0.3, -0.25) is 0 Å². The summed E-state index contributed by atoms with van der Waals surface area (Å²) in [6.07, 6.45) is 0. The lowest BCUT2D eigenvalue weighted by molar-refractivity contribution is 6.37. The van der Waals surface area contributed by atoms with Gasteiger partial charge >= 0.3 is 0 Å². The molecule has 0 aromatic heterocycles. The molecule has 0 unspecified atom stereocenters. The van der Waals surface area contributed by atoms with E-state index in [1.165, 1.54) is 0 Å². The quantitative estimate of drug-likeness (QED) is 0.456. The van der Waals surface area contributed by atoms with Gasteiger partial charge in [-0.2, -0.15) is 13.5 Å². The van der Waals surface area contributed by atoms with E-state index in [9.17, 15) is 0 Å². The molecule has 0 radical (unpaired) electrons. The van der Waals surface area contributed by atoms with Crippen LogP contribution in [-0.4, -0.2) is 0 Å². The van der Waals surface area contributed by atoms with Crippen molar-refractivity contribution in [2.24, 2.45) is 0 Å². The maximum Gasteiger partial charge on any atom is 0 e. The fraction of sp³-hybridized carbons (Fsp3) is 0. The van der Waals surface area contributed by atoms with Crippen LogP contribution in [-0.2, 0) is 31.3 Å². The molecule has 0 N–H and O–H groups in total. The van der Waals surface area contributed by atoms with Crippen molar-refractivity contribution in [3.8, 4) is 0 Å². The highest BCUT2D eigenvalue weighted by molar-refractivity contribution is 8.37. The Kier molecular flexibility index (Phi) is 20.0. The zero-order valence-electron chi connectivity index (χ0n) is 1.72. The van der Waals surface area contributed by atoms with Gasteiger partial charge in [0.15, 0.2) is 0 Å². The summed E-state index contributed by atoms with van der Waals surface area (Å²) >= 11 is 8.25. The maximum absolute atomic E-state index is 4.12. The summed E-state index contributed by atoms with van der Waals surface area (Å²) in [4.78, 5) is 0. The SMILES string of the molecule is S.S=S=S. The lowest BCUT2D eigenvalue weighted by Crippen LogP contribution is -1.00. The van der Waals surface area contributed by atoms with Crippen molar-refractivity contribution < 1.29 is 0 Å². The van der Waals surface area contributed by atoms with E-state index in [1.807, 2.05) is 0 Å². The minimum Gasteiger partial charge on any atom is -0.197 e. The third-order valence-electron chi connectivity index (χ3n) is 0. The van der Waals surface area contributed by atoms with Gasteiger partial charge in [0.05, 0.1) is 0 Å². The fourth-order valence-electron chi connectivity index (χ4n) is 0. The summed E-state index contributed by atoms with van der Waals surface area (Å²) in [6, 6.07) is 0. The molecule has 0 bridgehead atoms. The first kappa shape index (κ1) is 8.89. The Labute approximate surface area is 44.9 Å². The minimum absolute atomic E-state index is 0. The van der Waals surface area contributed by atoms with E-state index >= 15 is 0 Å². The molecule has 0 amide bonds. The molecule has 0 spiro atoms. The zero-order valence-corrected chi connectivity index (χ0v) is 5.17. The lowest BCUT2D eigenvalue weighted by atomic mass is 31.1. The maximum atomic E-state index is 4.12. The molecule has 0 aromatic carbocycles. The van der Waals surface area contributed by atoms with Crippen molar-refractivity contribution in [2.45, 2.75) is 0 Å². The van der Waals surface area contributed by atoms with Gasteiger partial charge in [-0.05, 0) is 0 Å². The molecule has 26 valence electrons. The van der Waals surface area contributed by atoms with Gasteiger partial charge in [0, 0.05) is 31.3 Å². The normalized spacial score (nSPS) is 3.00. The molecule has 0 saturated heterocycles. The standard InChI is InChI=1S/S3.H2S/c1-3-2;/h;1H2. The van der Waals surface area contributed by atoms with Crippen LogP contribution in [0.1, 0.15) is 0 Å². The Bertz CT molecular complexity index is 21.0. The molecular formula is H2S4. The average Bonchev–Trinajstić information content (AvgIpc) is 0.918. The summed E-state index contributed by atoms with van der Waals surface area (Å²) in [6.45, 7) is 0. The second-order valence-electron chi connectivity index (χ2n) is 0.0680. The van der Waals surface area contributed by atoms with E-state index in [4.69, 9.17) is 0 Å². The first-order valence-corrected chi connectivity index (χ1v) is 3.00. The van der Waals surface area contributed by atoms with Crippen molar-refractivity contribution in [3.63, 3.8) is 0 Å². The van der Waals surface area contributed by atoms with Crippen LogP contribution in [0.2, 0.25) is 0 Å². The number of hydrogen-bond acceptors (Lipinski definition) is 2. The second-order valence-corrected chi connectivity index (χ2v) is 1.84. The van der Waals surface area contributed by atoms with Crippen LogP contribution in [0.15, 0.2) is 0 Å². The van der Waals surface area contributed by atoms with Gasteiger partial charge in [-0.15, -0.1) is 0 Å². The van der Waals surface area contributed by atoms with Crippen molar-refractivity contribution in [3.05, 3.63) is 0 Å². The molecule has 0 aliphatic carbocycles. The topological polar surface area (TPSA) is 0 Å². The fourth-order valence-corrected chi connectivity index (χ4v) is 0. The Morgan fingerprint density at radius 2 is 1.25 bits per heavy atom. The summed E-state index contributed by atoms with van der Waals surface area (Å²) in [7, 11) is 0.917. The Hall–Kier alpha value is 1.01. The molecule has 4 heteroatoms. The summed E-state index contributed by atoms with van der Waals surface area (Å²) in [5, 5.41) is 0. The van der Waals surface area contributed by atoms with Gasteiger partial charge in [0.2, 0.25) is 0 Å². The molecule has 0 aromatic rings. The molecule has 0 aliphatic heterocycles. The highest BCUT2D eigenvalue weighted by atomic mass is 33.1. The predicted molar refractivity (Wildman–Crippen MR) is 32.5 cm³/mol. The summed E-state index contributed by atoms with van der Waals surface area (Å²) < 4.78 is 0. The third kappa shape index (κ3) is 11.9. The van der Waals surface area contributed by atoms with Crippen molar-refractivity contribution in [2.75, 3.05) is 0 Å². The van der Waals surface area contributed by atoms with Gasteiger partial charge in [0.25, 0.3) is 0 Å². The highest BCUT2D eigenvalue weighted by Gasteiger charge is 1.00. The van der Waals surface area contributed by atoms with Crippen molar-refractivity contribution in [1.82, 2.24) is 0 Å². The minimum atomic E-state index is 0. The first-order valence-electron chi connectivity index (χ1n) is 0.333. The van der Waals surface area contributed by atoms with Crippen LogP contribution in [0.25, 0.3) is 0 Å². The molecule has 0 aliphatic rings. The van der Waals surface area contributed by atoms with E-state index in [1.54, 1.807) is 0 Å². The van der Waals surface area contributed by atoms with Crippen LogP contribution in [0.5, 0.6) is 0 Å². The van der Waals surface area contributed by atoms with Gasteiger partial charge < -0.3 is 0 Å². The average molecular weight is 130 g/mol. The zero-order chi connectivity index (χ0) is 2.71. The largest absolute Gasteiger partial charge is 0.197 e. The Balaban J connectivity index is 0. The first-order chi connectivity index (χ1) is 1.41. The molecular weight excluding hydrogens is 128 g/mol.